The second-order valence-electron chi connectivity index (χ2n) is 5.78. The number of nitrogens with one attached hydrogen (secondary N) is 1. The van der Waals surface area contributed by atoms with Gasteiger partial charge in [0.1, 0.15) is 17.1 Å². The average molecular weight is 363 g/mol. The van der Waals surface area contributed by atoms with E-state index in [9.17, 15) is 4.79 Å². The van der Waals surface area contributed by atoms with Crippen LogP contribution in [-0.4, -0.2) is 45.7 Å². The van der Waals surface area contributed by atoms with Crippen LogP contribution in [0, 0.1) is 0 Å². The van der Waals surface area contributed by atoms with Crippen LogP contribution < -0.4 is 14.8 Å². The molecule has 0 bridgehead atoms. The molecule has 0 aromatic heterocycles. The minimum absolute atomic E-state index is 0.0108. The molecule has 1 N–H and O–H groups in total. The van der Waals surface area contributed by atoms with Crippen molar-refractivity contribution in [2.45, 2.75) is 6.04 Å². The first-order valence-electron chi connectivity index (χ1n) is 7.89. The van der Waals surface area contributed by atoms with Crippen LogP contribution in [0.1, 0.15) is 22.0 Å². The maximum Gasteiger partial charge on any atom is 0.258 e. The van der Waals surface area contributed by atoms with Gasteiger partial charge in [-0.1, -0.05) is 29.8 Å². The Morgan fingerprint density at radius 1 is 1.12 bits per heavy atom. The molecule has 134 valence electrons. The van der Waals surface area contributed by atoms with Gasteiger partial charge in [-0.3, -0.25) is 4.79 Å². The number of ether oxygens (including phenoxy) is 2. The van der Waals surface area contributed by atoms with E-state index in [1.165, 1.54) is 14.2 Å². The van der Waals surface area contributed by atoms with Crippen molar-refractivity contribution in [2.24, 2.45) is 0 Å². The van der Waals surface area contributed by atoms with Gasteiger partial charge >= 0.3 is 0 Å². The van der Waals surface area contributed by atoms with Gasteiger partial charge < -0.3 is 19.7 Å². The molecule has 0 aliphatic heterocycles. The Hall–Kier alpha value is -2.24. The van der Waals surface area contributed by atoms with Crippen LogP contribution in [0.25, 0.3) is 0 Å². The molecule has 0 saturated carbocycles. The topological polar surface area (TPSA) is 50.8 Å². The molecule has 25 heavy (non-hydrogen) atoms. The van der Waals surface area contributed by atoms with Gasteiger partial charge in [-0.15, -0.1) is 0 Å². The minimum Gasteiger partial charge on any atom is -0.496 e. The van der Waals surface area contributed by atoms with E-state index >= 15 is 0 Å². The van der Waals surface area contributed by atoms with E-state index in [0.29, 0.717) is 28.6 Å². The first-order chi connectivity index (χ1) is 12.0. The van der Waals surface area contributed by atoms with Crippen LogP contribution in [0.3, 0.4) is 0 Å². The third kappa shape index (κ3) is 4.65. The highest BCUT2D eigenvalue weighted by Gasteiger charge is 2.21. The van der Waals surface area contributed by atoms with E-state index < -0.39 is 0 Å². The molecule has 2 rings (SSSR count). The number of amides is 1. The molecule has 0 aliphatic rings. The quantitative estimate of drug-likeness (QED) is 0.820. The zero-order valence-corrected chi connectivity index (χ0v) is 15.6. The number of halogens is 1. The standard InChI is InChI=1S/C19H23ClN2O3/c1-22(2)15(13-7-5-8-14(20)11-13)12-21-19(23)18-16(24-3)9-6-10-17(18)25-4/h5-11,15H,12H2,1-4H3,(H,21,23). The first-order valence-corrected chi connectivity index (χ1v) is 8.26. The fraction of sp³-hybridized carbons (Fsp3) is 0.316. The third-order valence-corrected chi connectivity index (χ3v) is 4.20. The van der Waals surface area contributed by atoms with E-state index in [1.807, 2.05) is 43.3 Å². The van der Waals surface area contributed by atoms with Gasteiger partial charge in [0.2, 0.25) is 0 Å². The molecule has 2 aromatic rings. The summed E-state index contributed by atoms with van der Waals surface area (Å²) in [5.74, 6) is 0.699. The molecule has 0 spiro atoms. The molecular formula is C19H23ClN2O3. The van der Waals surface area contributed by atoms with E-state index in [0.717, 1.165) is 5.56 Å². The lowest BCUT2D eigenvalue weighted by atomic mass is 10.1. The summed E-state index contributed by atoms with van der Waals surface area (Å²) in [6, 6.07) is 12.9. The van der Waals surface area contributed by atoms with Crippen LogP contribution in [-0.2, 0) is 0 Å². The zero-order valence-electron chi connectivity index (χ0n) is 14.9. The highest BCUT2D eigenvalue weighted by Crippen LogP contribution is 2.28. The van der Waals surface area contributed by atoms with Crippen molar-refractivity contribution in [1.82, 2.24) is 10.2 Å². The molecule has 1 amide bonds. The fourth-order valence-electron chi connectivity index (χ4n) is 2.67. The Morgan fingerprint density at radius 2 is 1.72 bits per heavy atom. The van der Waals surface area contributed by atoms with Crippen molar-refractivity contribution < 1.29 is 14.3 Å². The SMILES string of the molecule is COc1cccc(OC)c1C(=O)NCC(c1cccc(Cl)c1)N(C)C. The van der Waals surface area contributed by atoms with Crippen LogP contribution in [0.15, 0.2) is 42.5 Å². The van der Waals surface area contributed by atoms with E-state index in [1.54, 1.807) is 18.2 Å². The Morgan fingerprint density at radius 3 is 2.24 bits per heavy atom. The van der Waals surface area contributed by atoms with Crippen molar-refractivity contribution in [3.63, 3.8) is 0 Å². The van der Waals surface area contributed by atoms with Crippen molar-refractivity contribution in [2.75, 3.05) is 34.9 Å². The summed E-state index contributed by atoms with van der Waals surface area (Å²) in [6.45, 7) is 0.424. The number of carbonyl (C=O) groups is 1. The molecule has 5 nitrogen and oxygen atoms in total. The van der Waals surface area contributed by atoms with Gasteiger partial charge in [0.25, 0.3) is 5.91 Å². The van der Waals surface area contributed by atoms with Gasteiger partial charge in [0.05, 0.1) is 20.3 Å². The average Bonchev–Trinajstić information content (AvgIpc) is 2.60. The number of likely N-dealkylation sites (N-methyl/N-ethyl adjacent to an activating group) is 1. The van der Waals surface area contributed by atoms with Crippen LogP contribution in [0.5, 0.6) is 11.5 Å². The molecule has 6 heteroatoms. The van der Waals surface area contributed by atoms with Crippen LogP contribution in [0.2, 0.25) is 5.02 Å². The lowest BCUT2D eigenvalue weighted by Crippen LogP contribution is -2.34. The maximum absolute atomic E-state index is 12.7. The molecule has 2 aromatic carbocycles. The zero-order chi connectivity index (χ0) is 18.4. The maximum atomic E-state index is 12.7. The normalized spacial score (nSPS) is 11.9. The summed E-state index contributed by atoms with van der Waals surface area (Å²) >= 11 is 6.09. The highest BCUT2D eigenvalue weighted by molar-refractivity contribution is 6.30. The summed E-state index contributed by atoms with van der Waals surface area (Å²) in [4.78, 5) is 14.7. The second-order valence-corrected chi connectivity index (χ2v) is 6.22. The van der Waals surface area contributed by atoms with Crippen LogP contribution >= 0.6 is 11.6 Å². The largest absolute Gasteiger partial charge is 0.496 e. The summed E-state index contributed by atoms with van der Waals surface area (Å²) in [5.41, 5.74) is 1.42. The number of hydrogen-bond acceptors (Lipinski definition) is 4. The van der Waals surface area contributed by atoms with Crippen molar-refractivity contribution in [1.29, 1.82) is 0 Å². The van der Waals surface area contributed by atoms with Gasteiger partial charge in [-0.05, 0) is 43.9 Å². The number of benzene rings is 2. The molecule has 1 unspecified atom stereocenters. The van der Waals surface area contributed by atoms with Gasteiger partial charge in [-0.25, -0.2) is 0 Å². The lowest BCUT2D eigenvalue weighted by Gasteiger charge is -2.25. The van der Waals surface area contributed by atoms with Gasteiger partial charge in [0.15, 0.2) is 0 Å². The Bertz CT molecular complexity index is 712. The summed E-state index contributed by atoms with van der Waals surface area (Å²) in [7, 11) is 6.98. The second kappa shape index (κ2) is 8.74. The Balaban J connectivity index is 2.20. The summed E-state index contributed by atoms with van der Waals surface area (Å²) < 4.78 is 10.6. The fourth-order valence-corrected chi connectivity index (χ4v) is 2.86. The molecule has 0 radical (unpaired) electrons. The minimum atomic E-state index is -0.247. The van der Waals surface area contributed by atoms with E-state index in [4.69, 9.17) is 21.1 Å². The molecule has 0 heterocycles. The number of hydrogen-bond donors (Lipinski definition) is 1. The molecule has 0 fully saturated rings. The number of rotatable bonds is 7. The van der Waals surface area contributed by atoms with Crippen LogP contribution in [0.4, 0.5) is 0 Å². The van der Waals surface area contributed by atoms with Crippen molar-refractivity contribution >= 4 is 17.5 Å². The smallest absolute Gasteiger partial charge is 0.258 e. The highest BCUT2D eigenvalue weighted by atomic mass is 35.5. The molecular weight excluding hydrogens is 340 g/mol. The van der Waals surface area contributed by atoms with Gasteiger partial charge in [-0.2, -0.15) is 0 Å². The summed E-state index contributed by atoms with van der Waals surface area (Å²) in [6.07, 6.45) is 0. The van der Waals surface area contributed by atoms with Crippen molar-refractivity contribution in [3.05, 3.63) is 58.6 Å². The summed E-state index contributed by atoms with van der Waals surface area (Å²) in [5, 5.41) is 3.63. The third-order valence-electron chi connectivity index (χ3n) is 3.97. The number of carbonyl (C=O) groups excluding carboxylic acids is 1. The predicted octanol–water partition coefficient (Wildman–Crippen LogP) is 3.39. The molecule has 0 saturated heterocycles. The monoisotopic (exact) mass is 362 g/mol. The van der Waals surface area contributed by atoms with E-state index in [-0.39, 0.29) is 11.9 Å². The molecule has 1 atom stereocenters. The lowest BCUT2D eigenvalue weighted by molar-refractivity contribution is 0.0935. The van der Waals surface area contributed by atoms with Crippen molar-refractivity contribution in [3.8, 4) is 11.5 Å². The van der Waals surface area contributed by atoms with Gasteiger partial charge in [0, 0.05) is 11.6 Å². The van der Waals surface area contributed by atoms with E-state index in [2.05, 4.69) is 5.32 Å². The predicted molar refractivity (Wildman–Crippen MR) is 99.8 cm³/mol. The molecule has 0 aliphatic carbocycles. The Kier molecular flexibility index (Phi) is 6.67. The number of methoxy groups -OCH3 is 2. The first kappa shape index (κ1) is 19.1. The number of nitrogens with zero attached hydrogens (tertiary/aromatic N) is 1. The Labute approximate surface area is 153 Å².